The molecule has 0 heterocycles. The highest BCUT2D eigenvalue weighted by atomic mass is 32.2. The molecule has 8 heteroatoms. The van der Waals surface area contributed by atoms with Crippen LogP contribution in [-0.4, -0.2) is 26.5 Å². The first kappa shape index (κ1) is 17.6. The third kappa shape index (κ3) is 4.88. The average molecular weight is 350 g/mol. The van der Waals surface area contributed by atoms with E-state index in [9.17, 15) is 22.4 Å². The van der Waals surface area contributed by atoms with Crippen molar-refractivity contribution < 1.29 is 22.4 Å². The summed E-state index contributed by atoms with van der Waals surface area (Å²) < 4.78 is 35.8. The number of hydrogen-bond donors (Lipinski definition) is 2. The predicted molar refractivity (Wildman–Crippen MR) is 86.3 cm³/mol. The molecule has 6 nitrogen and oxygen atoms in total. The molecular formula is C16H15FN2O4S. The fraction of sp³-hybridized carbons (Fsp3) is 0.125. The van der Waals surface area contributed by atoms with E-state index in [2.05, 4.69) is 10.9 Å². The number of hydrazine groups is 1. The summed E-state index contributed by atoms with van der Waals surface area (Å²) in [5.74, 6) is -2.21. The SMILES string of the molecule is CS(=O)(=O)Cc1ccc(C(=O)NNC(=O)c2ccccc2F)cc1. The van der Waals surface area contributed by atoms with Gasteiger partial charge in [-0.15, -0.1) is 0 Å². The lowest BCUT2D eigenvalue weighted by atomic mass is 10.1. The standard InChI is InChI=1S/C16H15FN2O4S/c1-24(22,23)10-11-6-8-12(9-7-11)15(20)18-19-16(21)13-4-2-3-5-14(13)17/h2-9H,10H2,1H3,(H,18,20)(H,19,21). The Morgan fingerprint density at radius 2 is 1.54 bits per heavy atom. The van der Waals surface area contributed by atoms with Crippen LogP contribution in [0.2, 0.25) is 0 Å². The molecular weight excluding hydrogens is 335 g/mol. The van der Waals surface area contributed by atoms with Gasteiger partial charge >= 0.3 is 0 Å². The van der Waals surface area contributed by atoms with Gasteiger partial charge in [-0.3, -0.25) is 20.4 Å². The molecule has 0 aliphatic carbocycles. The normalized spacial score (nSPS) is 10.9. The number of halogens is 1. The zero-order valence-corrected chi connectivity index (χ0v) is 13.6. The Labute approximate surface area is 138 Å². The van der Waals surface area contributed by atoms with E-state index in [-0.39, 0.29) is 16.9 Å². The van der Waals surface area contributed by atoms with Gasteiger partial charge in [-0.05, 0) is 29.8 Å². The van der Waals surface area contributed by atoms with Crippen LogP contribution in [0, 0.1) is 5.82 Å². The number of nitrogens with one attached hydrogen (secondary N) is 2. The van der Waals surface area contributed by atoms with Gasteiger partial charge < -0.3 is 0 Å². The molecule has 0 aliphatic heterocycles. The third-order valence-electron chi connectivity index (χ3n) is 3.05. The molecule has 0 unspecified atom stereocenters. The van der Waals surface area contributed by atoms with E-state index in [1.54, 1.807) is 0 Å². The van der Waals surface area contributed by atoms with E-state index in [1.807, 2.05) is 0 Å². The van der Waals surface area contributed by atoms with Crippen LogP contribution < -0.4 is 10.9 Å². The van der Waals surface area contributed by atoms with Gasteiger partial charge in [0, 0.05) is 11.8 Å². The summed E-state index contributed by atoms with van der Waals surface area (Å²) in [6.07, 6.45) is 1.12. The molecule has 24 heavy (non-hydrogen) atoms. The number of rotatable bonds is 4. The van der Waals surface area contributed by atoms with Crippen molar-refractivity contribution in [1.82, 2.24) is 10.9 Å². The van der Waals surface area contributed by atoms with E-state index < -0.39 is 27.5 Å². The number of sulfone groups is 1. The Balaban J connectivity index is 1.98. The lowest BCUT2D eigenvalue weighted by Crippen LogP contribution is -2.41. The van der Waals surface area contributed by atoms with E-state index in [4.69, 9.17) is 0 Å². The van der Waals surface area contributed by atoms with Gasteiger partial charge in [-0.2, -0.15) is 0 Å². The third-order valence-corrected chi connectivity index (χ3v) is 3.91. The quantitative estimate of drug-likeness (QED) is 0.816. The first-order valence-corrected chi connectivity index (χ1v) is 8.94. The van der Waals surface area contributed by atoms with Crippen molar-refractivity contribution in [3.8, 4) is 0 Å². The monoisotopic (exact) mass is 350 g/mol. The van der Waals surface area contributed by atoms with Gasteiger partial charge in [-0.25, -0.2) is 12.8 Å². The first-order chi connectivity index (χ1) is 11.3. The lowest BCUT2D eigenvalue weighted by Gasteiger charge is -2.08. The van der Waals surface area contributed by atoms with Crippen molar-refractivity contribution in [2.45, 2.75) is 5.75 Å². The van der Waals surface area contributed by atoms with E-state index in [0.29, 0.717) is 5.56 Å². The second-order valence-corrected chi connectivity index (χ2v) is 7.30. The van der Waals surface area contributed by atoms with Crippen LogP contribution in [0.3, 0.4) is 0 Å². The maximum atomic E-state index is 13.4. The highest BCUT2D eigenvalue weighted by molar-refractivity contribution is 7.89. The largest absolute Gasteiger partial charge is 0.272 e. The van der Waals surface area contributed by atoms with Crippen LogP contribution in [0.1, 0.15) is 26.3 Å². The van der Waals surface area contributed by atoms with Crippen molar-refractivity contribution in [2.75, 3.05) is 6.26 Å². The lowest BCUT2D eigenvalue weighted by molar-refractivity contribution is 0.0844. The minimum Gasteiger partial charge on any atom is -0.267 e. The van der Waals surface area contributed by atoms with Crippen LogP contribution in [0.4, 0.5) is 4.39 Å². The van der Waals surface area contributed by atoms with Gasteiger partial charge in [0.25, 0.3) is 11.8 Å². The molecule has 0 aromatic heterocycles. The maximum absolute atomic E-state index is 13.4. The summed E-state index contributed by atoms with van der Waals surface area (Å²) in [7, 11) is -3.16. The molecule has 2 aromatic carbocycles. The second kappa shape index (κ2) is 7.22. The first-order valence-electron chi connectivity index (χ1n) is 6.88. The molecule has 0 radical (unpaired) electrons. The van der Waals surface area contributed by atoms with Gasteiger partial charge in [0.2, 0.25) is 0 Å². The van der Waals surface area contributed by atoms with Crippen LogP contribution in [0.25, 0.3) is 0 Å². The number of carbonyl (C=O) groups is 2. The van der Waals surface area contributed by atoms with Gasteiger partial charge in [0.15, 0.2) is 9.84 Å². The van der Waals surface area contributed by atoms with Crippen molar-refractivity contribution in [3.63, 3.8) is 0 Å². The maximum Gasteiger partial charge on any atom is 0.272 e. The van der Waals surface area contributed by atoms with E-state index >= 15 is 0 Å². The molecule has 0 saturated heterocycles. The van der Waals surface area contributed by atoms with Crippen LogP contribution >= 0.6 is 0 Å². The summed E-state index contributed by atoms with van der Waals surface area (Å²) in [6.45, 7) is 0. The number of carbonyl (C=O) groups excluding carboxylic acids is 2. The minimum absolute atomic E-state index is 0.126. The summed E-state index contributed by atoms with van der Waals surface area (Å²) in [6, 6.07) is 11.3. The predicted octanol–water partition coefficient (Wildman–Crippen LogP) is 1.45. The summed E-state index contributed by atoms with van der Waals surface area (Å²) in [5.41, 5.74) is 4.86. The van der Waals surface area contributed by atoms with E-state index in [1.165, 1.54) is 42.5 Å². The molecule has 126 valence electrons. The second-order valence-electron chi connectivity index (χ2n) is 5.16. The fourth-order valence-electron chi connectivity index (χ4n) is 1.95. The smallest absolute Gasteiger partial charge is 0.267 e. The summed E-state index contributed by atoms with van der Waals surface area (Å²) >= 11 is 0. The van der Waals surface area contributed by atoms with Crippen molar-refractivity contribution >= 4 is 21.7 Å². The van der Waals surface area contributed by atoms with Gasteiger partial charge in [0.05, 0.1) is 11.3 Å². The van der Waals surface area contributed by atoms with Gasteiger partial charge in [-0.1, -0.05) is 24.3 Å². The molecule has 2 aromatic rings. The Bertz CT molecular complexity index is 864. The number of amides is 2. The Morgan fingerprint density at radius 1 is 0.958 bits per heavy atom. The van der Waals surface area contributed by atoms with Crippen molar-refractivity contribution in [3.05, 3.63) is 71.0 Å². The fourth-order valence-corrected chi connectivity index (χ4v) is 2.75. The molecule has 2 amide bonds. The molecule has 2 rings (SSSR count). The molecule has 0 bridgehead atoms. The van der Waals surface area contributed by atoms with Crippen LogP contribution in [0.15, 0.2) is 48.5 Å². The summed E-state index contributed by atoms with van der Waals surface area (Å²) in [4.78, 5) is 23.7. The molecule has 2 N–H and O–H groups in total. The van der Waals surface area contributed by atoms with Gasteiger partial charge in [0.1, 0.15) is 5.82 Å². The van der Waals surface area contributed by atoms with Crippen molar-refractivity contribution in [1.29, 1.82) is 0 Å². The van der Waals surface area contributed by atoms with Crippen LogP contribution in [-0.2, 0) is 15.6 Å². The number of benzene rings is 2. The Kier molecular flexibility index (Phi) is 5.30. The van der Waals surface area contributed by atoms with E-state index in [0.717, 1.165) is 12.3 Å². The van der Waals surface area contributed by atoms with Crippen molar-refractivity contribution in [2.24, 2.45) is 0 Å². The Morgan fingerprint density at radius 3 is 2.12 bits per heavy atom. The Hall–Kier alpha value is -2.74. The zero-order chi connectivity index (χ0) is 17.7. The molecule has 0 saturated carbocycles. The average Bonchev–Trinajstić information content (AvgIpc) is 2.52. The minimum atomic E-state index is -3.16. The topological polar surface area (TPSA) is 92.3 Å². The molecule has 0 atom stereocenters. The highest BCUT2D eigenvalue weighted by Crippen LogP contribution is 2.08. The molecule has 0 aliphatic rings. The number of hydrogen-bond acceptors (Lipinski definition) is 4. The molecule has 0 fully saturated rings. The molecule has 0 spiro atoms. The zero-order valence-electron chi connectivity index (χ0n) is 12.7. The summed E-state index contributed by atoms with van der Waals surface area (Å²) in [5, 5.41) is 0. The highest BCUT2D eigenvalue weighted by Gasteiger charge is 2.13. The van der Waals surface area contributed by atoms with Crippen LogP contribution in [0.5, 0.6) is 0 Å².